The summed E-state index contributed by atoms with van der Waals surface area (Å²) in [5, 5.41) is 6.59. The average Bonchev–Trinajstić information content (AvgIpc) is 2.78. The first kappa shape index (κ1) is 29.1. The Kier molecular flexibility index (Phi) is 17.7. The summed E-state index contributed by atoms with van der Waals surface area (Å²) >= 11 is 0. The van der Waals surface area contributed by atoms with E-state index in [2.05, 4.69) is 31.4 Å². The fourth-order valence-corrected chi connectivity index (χ4v) is 4.18. The molecule has 1 unspecified atom stereocenters. The van der Waals surface area contributed by atoms with Crippen LogP contribution in [0.4, 0.5) is 0 Å². The molecule has 0 spiro atoms. The van der Waals surface area contributed by atoms with Gasteiger partial charge < -0.3 is 29.6 Å². The van der Waals surface area contributed by atoms with Crippen molar-refractivity contribution in [2.45, 2.75) is 38.5 Å². The van der Waals surface area contributed by atoms with Crippen molar-refractivity contribution in [1.29, 1.82) is 0 Å². The number of ether oxygens (including phenoxy) is 4. The van der Waals surface area contributed by atoms with Gasteiger partial charge in [0.15, 0.2) is 0 Å². The highest BCUT2D eigenvalue weighted by atomic mass is 33.1. The average molecular weight is 489 g/mol. The molecule has 0 saturated heterocycles. The van der Waals surface area contributed by atoms with Crippen molar-refractivity contribution in [3.8, 4) is 5.75 Å². The van der Waals surface area contributed by atoms with Gasteiger partial charge in [-0.25, -0.2) is 0 Å². The number of hydrogen-bond donors (Lipinski definition) is 2. The Bertz CT molecular complexity index is 608. The molecule has 1 aromatic carbocycles. The van der Waals surface area contributed by atoms with E-state index in [1.165, 1.54) is 0 Å². The Balaban J connectivity index is 2.01. The van der Waals surface area contributed by atoms with Crippen LogP contribution in [-0.4, -0.2) is 82.8 Å². The molecule has 1 atom stereocenters. The Morgan fingerprint density at radius 2 is 1.66 bits per heavy atom. The predicted molar refractivity (Wildman–Crippen MR) is 135 cm³/mol. The highest BCUT2D eigenvalue weighted by Crippen LogP contribution is 2.24. The summed E-state index contributed by atoms with van der Waals surface area (Å²) in [4.78, 5) is 12.3. The van der Waals surface area contributed by atoms with Crippen molar-refractivity contribution in [2.24, 2.45) is 0 Å². The zero-order chi connectivity index (χ0) is 23.4. The van der Waals surface area contributed by atoms with Crippen LogP contribution in [0.3, 0.4) is 0 Å². The molecule has 2 N–H and O–H groups in total. The molecule has 0 aromatic heterocycles. The van der Waals surface area contributed by atoms with Gasteiger partial charge in [-0.05, 0) is 44.3 Å². The van der Waals surface area contributed by atoms with Crippen molar-refractivity contribution in [3.05, 3.63) is 29.8 Å². The van der Waals surface area contributed by atoms with Gasteiger partial charge in [0.1, 0.15) is 12.4 Å². The highest BCUT2D eigenvalue weighted by Gasteiger charge is 2.08. The molecular weight excluding hydrogens is 448 g/mol. The van der Waals surface area contributed by atoms with E-state index in [1.54, 1.807) is 33.7 Å². The third-order valence-electron chi connectivity index (χ3n) is 4.14. The minimum absolute atomic E-state index is 0.136. The van der Waals surface area contributed by atoms with Gasteiger partial charge in [-0.3, -0.25) is 4.79 Å². The van der Waals surface area contributed by atoms with Crippen LogP contribution in [0.2, 0.25) is 0 Å². The number of carbonyl (C=O) groups excluding carboxylic acids is 1. The Labute approximate surface area is 201 Å². The topological polar surface area (TPSA) is 78.1 Å². The minimum Gasteiger partial charge on any atom is -0.492 e. The van der Waals surface area contributed by atoms with Crippen molar-refractivity contribution in [1.82, 2.24) is 10.6 Å². The van der Waals surface area contributed by atoms with Crippen LogP contribution < -0.4 is 15.4 Å². The van der Waals surface area contributed by atoms with Crippen molar-refractivity contribution < 1.29 is 23.7 Å². The van der Waals surface area contributed by atoms with E-state index in [-0.39, 0.29) is 5.91 Å². The summed E-state index contributed by atoms with van der Waals surface area (Å²) in [6, 6.07) is 7.76. The number of carbonyl (C=O) groups is 1. The second kappa shape index (κ2) is 19.5. The van der Waals surface area contributed by atoms with Gasteiger partial charge in [0, 0.05) is 30.0 Å². The van der Waals surface area contributed by atoms with Crippen LogP contribution in [0.1, 0.15) is 37.6 Å². The van der Waals surface area contributed by atoms with Crippen molar-refractivity contribution >= 4 is 27.5 Å². The molecule has 1 amide bonds. The molecule has 7 nitrogen and oxygen atoms in total. The van der Waals surface area contributed by atoms with Gasteiger partial charge in [0.05, 0.1) is 33.0 Å². The van der Waals surface area contributed by atoms with E-state index in [0.717, 1.165) is 19.6 Å². The fraction of sp³-hybridized carbons (Fsp3) is 0.696. The van der Waals surface area contributed by atoms with Gasteiger partial charge in [-0.2, -0.15) is 0 Å². The molecule has 0 radical (unpaired) electrons. The number of nitrogens with one attached hydrogen (secondary N) is 2. The van der Waals surface area contributed by atoms with Gasteiger partial charge in [0.25, 0.3) is 5.91 Å². The lowest BCUT2D eigenvalue weighted by atomic mass is 10.2. The van der Waals surface area contributed by atoms with E-state index >= 15 is 0 Å². The van der Waals surface area contributed by atoms with Gasteiger partial charge in [-0.1, -0.05) is 41.5 Å². The summed E-state index contributed by atoms with van der Waals surface area (Å²) in [6.45, 7) is 11.7. The van der Waals surface area contributed by atoms with Crippen LogP contribution >= 0.6 is 21.6 Å². The van der Waals surface area contributed by atoms with Gasteiger partial charge in [0.2, 0.25) is 0 Å². The van der Waals surface area contributed by atoms with Crippen LogP contribution in [0.15, 0.2) is 24.3 Å². The molecule has 0 aliphatic heterocycles. The van der Waals surface area contributed by atoms with E-state index in [0.29, 0.717) is 68.8 Å². The van der Waals surface area contributed by atoms with Crippen LogP contribution in [0, 0.1) is 0 Å². The zero-order valence-electron chi connectivity index (χ0n) is 19.9. The molecule has 0 saturated carbocycles. The van der Waals surface area contributed by atoms with Crippen LogP contribution in [0.25, 0.3) is 0 Å². The first-order valence-electron chi connectivity index (χ1n) is 11.2. The van der Waals surface area contributed by atoms with Crippen molar-refractivity contribution in [2.75, 3.05) is 65.6 Å². The Morgan fingerprint density at radius 3 is 2.34 bits per heavy atom. The molecule has 1 aromatic rings. The zero-order valence-corrected chi connectivity index (χ0v) is 21.5. The number of amides is 1. The van der Waals surface area contributed by atoms with Crippen LogP contribution in [-0.2, 0) is 14.2 Å². The monoisotopic (exact) mass is 488 g/mol. The van der Waals surface area contributed by atoms with E-state index < -0.39 is 0 Å². The molecule has 9 heteroatoms. The van der Waals surface area contributed by atoms with Gasteiger partial charge in [-0.15, -0.1) is 0 Å². The standard InChI is InChI=1S/C23H40N2O5S2/c1-19(2)24-9-6-11-27-13-15-29-16-14-28-12-10-25-23(26)21-7-5-8-22(17-21)30-18-20(3)32-31-4/h5,7-8,17,19-20,24H,6,9-16,18H2,1-4H3,(H,25,26). The smallest absolute Gasteiger partial charge is 0.251 e. The largest absolute Gasteiger partial charge is 0.492 e. The minimum atomic E-state index is -0.136. The predicted octanol–water partition coefficient (Wildman–Crippen LogP) is 3.63. The Hall–Kier alpha value is -0.970. The first-order chi connectivity index (χ1) is 15.5. The molecule has 1 rings (SSSR count). The lowest BCUT2D eigenvalue weighted by Gasteiger charge is -2.12. The van der Waals surface area contributed by atoms with E-state index in [9.17, 15) is 4.79 Å². The highest BCUT2D eigenvalue weighted by molar-refractivity contribution is 8.76. The molecule has 32 heavy (non-hydrogen) atoms. The quantitative estimate of drug-likeness (QED) is 0.213. The maximum Gasteiger partial charge on any atom is 0.251 e. The lowest BCUT2D eigenvalue weighted by Crippen LogP contribution is -2.27. The maximum absolute atomic E-state index is 12.3. The van der Waals surface area contributed by atoms with Crippen molar-refractivity contribution in [3.63, 3.8) is 0 Å². The second-order valence-corrected chi connectivity index (χ2v) is 10.4. The summed E-state index contributed by atoms with van der Waals surface area (Å²) in [7, 11) is 3.49. The molecule has 184 valence electrons. The first-order valence-corrected chi connectivity index (χ1v) is 13.8. The fourth-order valence-electron chi connectivity index (χ4n) is 2.58. The molecular formula is C23H40N2O5S2. The van der Waals surface area contributed by atoms with Crippen LogP contribution in [0.5, 0.6) is 5.75 Å². The summed E-state index contributed by atoms with van der Waals surface area (Å²) in [6.07, 6.45) is 3.05. The van der Waals surface area contributed by atoms with E-state index in [1.807, 2.05) is 18.4 Å². The third kappa shape index (κ3) is 15.8. The Morgan fingerprint density at radius 1 is 0.969 bits per heavy atom. The number of benzene rings is 1. The third-order valence-corrected chi connectivity index (χ3v) is 6.36. The molecule has 0 aliphatic rings. The molecule has 0 fully saturated rings. The van der Waals surface area contributed by atoms with E-state index in [4.69, 9.17) is 18.9 Å². The summed E-state index contributed by atoms with van der Waals surface area (Å²) < 4.78 is 22.3. The molecule has 0 bridgehead atoms. The summed E-state index contributed by atoms with van der Waals surface area (Å²) in [5.74, 6) is 0.568. The maximum atomic E-state index is 12.3. The van der Waals surface area contributed by atoms with Gasteiger partial charge >= 0.3 is 0 Å². The SMILES string of the molecule is CSSC(C)COc1cccc(C(=O)NCCOCCOCCOCCCNC(C)C)c1. The lowest BCUT2D eigenvalue weighted by molar-refractivity contribution is 0.0147. The molecule has 0 aliphatic carbocycles. The second-order valence-electron chi connectivity index (χ2n) is 7.47. The summed E-state index contributed by atoms with van der Waals surface area (Å²) in [5.41, 5.74) is 0.580. The number of rotatable bonds is 20. The normalized spacial score (nSPS) is 12.2. The molecule has 0 heterocycles. The number of hydrogen-bond acceptors (Lipinski definition) is 8.